The van der Waals surface area contributed by atoms with E-state index in [-0.39, 0.29) is 11.9 Å². The lowest BCUT2D eigenvalue weighted by Gasteiger charge is -2.22. The first-order chi connectivity index (χ1) is 12.1. The predicted octanol–water partition coefficient (Wildman–Crippen LogP) is 4.98. The highest BCUT2D eigenvalue weighted by Gasteiger charge is 2.30. The zero-order valence-corrected chi connectivity index (χ0v) is 15.3. The van der Waals surface area contributed by atoms with Crippen molar-refractivity contribution in [1.82, 2.24) is 4.98 Å². The number of benzene rings is 2. The summed E-state index contributed by atoms with van der Waals surface area (Å²) in [5.41, 5.74) is 4.11. The Balaban J connectivity index is 1.53. The molecule has 4 rings (SSSR count). The first-order valence-electron chi connectivity index (χ1n) is 8.22. The molecule has 0 radical (unpaired) electrons. The lowest BCUT2D eigenvalue weighted by molar-refractivity contribution is -0.118. The fourth-order valence-electron chi connectivity index (χ4n) is 3.30. The lowest BCUT2D eigenvalue weighted by Crippen LogP contribution is -2.36. The molecule has 126 valence electrons. The van der Waals surface area contributed by atoms with Gasteiger partial charge in [-0.15, -0.1) is 11.3 Å². The first-order valence-corrected chi connectivity index (χ1v) is 9.48. The van der Waals surface area contributed by atoms with Crippen molar-refractivity contribution in [2.45, 2.75) is 25.8 Å². The van der Waals surface area contributed by atoms with Crippen molar-refractivity contribution in [1.29, 1.82) is 0 Å². The average molecular weight is 369 g/mol. The molecule has 0 aliphatic carbocycles. The van der Waals surface area contributed by atoms with E-state index in [9.17, 15) is 4.79 Å². The molecule has 1 amide bonds. The van der Waals surface area contributed by atoms with E-state index < -0.39 is 0 Å². The number of rotatable bonds is 3. The second-order valence-electron chi connectivity index (χ2n) is 6.27. The fourth-order valence-corrected chi connectivity index (χ4v) is 4.25. The summed E-state index contributed by atoms with van der Waals surface area (Å²) in [6.07, 6.45) is 1.23. The second kappa shape index (κ2) is 6.62. The molecule has 0 saturated carbocycles. The largest absolute Gasteiger partial charge is 0.309 e. The molecule has 2 heterocycles. The standard InChI is InChI=1S/C20H17ClN2OS/c1-13-10-15-4-2-3-5-18(15)23(13)19(24)11-17-12-25-20(22-17)14-6-8-16(21)9-7-14/h2-9,12-13H,10-11H2,1H3. The van der Waals surface area contributed by atoms with Gasteiger partial charge in [0.1, 0.15) is 5.01 Å². The van der Waals surface area contributed by atoms with E-state index in [4.69, 9.17) is 11.6 Å². The Kier molecular flexibility index (Phi) is 4.32. The van der Waals surface area contributed by atoms with Crippen LogP contribution in [0.3, 0.4) is 0 Å². The van der Waals surface area contributed by atoms with Crippen LogP contribution in [0.25, 0.3) is 10.6 Å². The Labute approximate surface area is 155 Å². The number of carbonyl (C=O) groups excluding carboxylic acids is 1. The van der Waals surface area contributed by atoms with Gasteiger partial charge < -0.3 is 4.90 Å². The third kappa shape index (κ3) is 3.20. The minimum Gasteiger partial charge on any atom is -0.309 e. The molecule has 0 saturated heterocycles. The van der Waals surface area contributed by atoms with Crippen LogP contribution in [0.5, 0.6) is 0 Å². The average Bonchev–Trinajstić information content (AvgIpc) is 3.18. The maximum Gasteiger partial charge on any atom is 0.233 e. The number of aromatic nitrogens is 1. The smallest absolute Gasteiger partial charge is 0.233 e. The summed E-state index contributed by atoms with van der Waals surface area (Å²) in [6, 6.07) is 15.9. The number of anilines is 1. The Hall–Kier alpha value is -2.17. The molecule has 0 N–H and O–H groups in total. The molecule has 1 aliphatic rings. The van der Waals surface area contributed by atoms with Gasteiger partial charge in [-0.25, -0.2) is 4.98 Å². The SMILES string of the molecule is CC1Cc2ccccc2N1C(=O)Cc1csc(-c2ccc(Cl)cc2)n1. The molecule has 3 nitrogen and oxygen atoms in total. The van der Waals surface area contributed by atoms with Gasteiger partial charge in [0, 0.05) is 27.7 Å². The highest BCUT2D eigenvalue weighted by Crippen LogP contribution is 2.32. The molecule has 1 aliphatic heterocycles. The van der Waals surface area contributed by atoms with Crippen LogP contribution in [-0.2, 0) is 17.6 Å². The maximum atomic E-state index is 12.9. The van der Waals surface area contributed by atoms with Crippen molar-refractivity contribution < 1.29 is 4.79 Å². The zero-order chi connectivity index (χ0) is 17.4. The molecule has 1 aromatic heterocycles. The van der Waals surface area contributed by atoms with Crippen LogP contribution in [-0.4, -0.2) is 16.9 Å². The van der Waals surface area contributed by atoms with E-state index in [1.165, 1.54) is 5.56 Å². The van der Waals surface area contributed by atoms with Crippen molar-refractivity contribution in [3.8, 4) is 10.6 Å². The van der Waals surface area contributed by atoms with Gasteiger partial charge in [-0.05, 0) is 37.1 Å². The number of carbonyl (C=O) groups is 1. The molecule has 0 bridgehead atoms. The fraction of sp³-hybridized carbons (Fsp3) is 0.200. The van der Waals surface area contributed by atoms with Gasteiger partial charge in [-0.2, -0.15) is 0 Å². The molecule has 2 aromatic carbocycles. The molecular weight excluding hydrogens is 352 g/mol. The van der Waals surface area contributed by atoms with Gasteiger partial charge in [0.2, 0.25) is 5.91 Å². The molecule has 0 spiro atoms. The van der Waals surface area contributed by atoms with Crippen LogP contribution >= 0.6 is 22.9 Å². The van der Waals surface area contributed by atoms with E-state index in [0.717, 1.165) is 28.4 Å². The lowest BCUT2D eigenvalue weighted by atomic mass is 10.1. The minimum absolute atomic E-state index is 0.102. The molecule has 1 unspecified atom stereocenters. The highest BCUT2D eigenvalue weighted by molar-refractivity contribution is 7.13. The third-order valence-corrected chi connectivity index (χ3v) is 5.64. The number of fused-ring (bicyclic) bond motifs is 1. The van der Waals surface area contributed by atoms with Gasteiger partial charge in [0.05, 0.1) is 12.1 Å². The number of nitrogens with zero attached hydrogens (tertiary/aromatic N) is 2. The van der Waals surface area contributed by atoms with Gasteiger partial charge >= 0.3 is 0 Å². The predicted molar refractivity (Wildman–Crippen MR) is 103 cm³/mol. The number of amides is 1. The van der Waals surface area contributed by atoms with Gasteiger partial charge in [0.15, 0.2) is 0 Å². The number of hydrogen-bond acceptors (Lipinski definition) is 3. The summed E-state index contributed by atoms with van der Waals surface area (Å²) in [5.74, 6) is 0.102. The number of hydrogen-bond donors (Lipinski definition) is 0. The van der Waals surface area contributed by atoms with E-state index in [0.29, 0.717) is 11.4 Å². The first kappa shape index (κ1) is 16.3. The summed E-state index contributed by atoms with van der Waals surface area (Å²) in [6.45, 7) is 2.10. The van der Waals surface area contributed by atoms with Crippen LogP contribution in [0.4, 0.5) is 5.69 Å². The van der Waals surface area contributed by atoms with Crippen molar-refractivity contribution in [2.24, 2.45) is 0 Å². The molecular formula is C20H17ClN2OS. The van der Waals surface area contributed by atoms with Crippen molar-refractivity contribution in [3.63, 3.8) is 0 Å². The second-order valence-corrected chi connectivity index (χ2v) is 7.57. The maximum absolute atomic E-state index is 12.9. The Morgan fingerprint density at radius 2 is 2.00 bits per heavy atom. The normalized spacial score (nSPS) is 16.1. The van der Waals surface area contributed by atoms with Crippen molar-refractivity contribution in [2.75, 3.05) is 4.90 Å². The highest BCUT2D eigenvalue weighted by atomic mass is 35.5. The van der Waals surface area contributed by atoms with Crippen LogP contribution in [0.1, 0.15) is 18.2 Å². The molecule has 5 heteroatoms. The minimum atomic E-state index is 0.102. The number of para-hydroxylation sites is 1. The summed E-state index contributed by atoms with van der Waals surface area (Å²) >= 11 is 7.49. The van der Waals surface area contributed by atoms with Crippen LogP contribution in [0.2, 0.25) is 5.02 Å². The van der Waals surface area contributed by atoms with Gasteiger partial charge in [0.25, 0.3) is 0 Å². The summed E-state index contributed by atoms with van der Waals surface area (Å²) in [5, 5.41) is 3.58. The molecule has 3 aromatic rings. The summed E-state index contributed by atoms with van der Waals surface area (Å²) in [7, 11) is 0. The van der Waals surface area contributed by atoms with E-state index in [2.05, 4.69) is 18.0 Å². The van der Waals surface area contributed by atoms with Crippen LogP contribution in [0.15, 0.2) is 53.9 Å². The molecule has 1 atom stereocenters. The van der Waals surface area contributed by atoms with Crippen LogP contribution < -0.4 is 4.90 Å². The topological polar surface area (TPSA) is 33.2 Å². The van der Waals surface area contributed by atoms with E-state index in [1.54, 1.807) is 11.3 Å². The number of halogens is 1. The third-order valence-electron chi connectivity index (χ3n) is 4.45. The summed E-state index contributed by atoms with van der Waals surface area (Å²) < 4.78 is 0. The zero-order valence-electron chi connectivity index (χ0n) is 13.8. The Morgan fingerprint density at radius 1 is 1.24 bits per heavy atom. The van der Waals surface area contributed by atoms with Crippen LogP contribution in [0, 0.1) is 0 Å². The molecule has 25 heavy (non-hydrogen) atoms. The molecule has 0 fully saturated rings. The summed E-state index contributed by atoms with van der Waals surface area (Å²) in [4.78, 5) is 19.4. The van der Waals surface area contributed by atoms with Crippen molar-refractivity contribution in [3.05, 3.63) is 70.2 Å². The monoisotopic (exact) mass is 368 g/mol. The quantitative estimate of drug-likeness (QED) is 0.653. The number of thiazole rings is 1. The van der Waals surface area contributed by atoms with E-state index in [1.807, 2.05) is 52.7 Å². The Bertz CT molecular complexity index is 919. The van der Waals surface area contributed by atoms with Gasteiger partial charge in [-0.3, -0.25) is 4.79 Å². The Morgan fingerprint density at radius 3 is 2.80 bits per heavy atom. The van der Waals surface area contributed by atoms with E-state index >= 15 is 0 Å². The van der Waals surface area contributed by atoms with Crippen molar-refractivity contribution >= 4 is 34.5 Å². The van der Waals surface area contributed by atoms with Gasteiger partial charge in [-0.1, -0.05) is 41.9 Å².